The van der Waals surface area contributed by atoms with Gasteiger partial charge in [-0.3, -0.25) is 0 Å². The highest BCUT2D eigenvalue weighted by Gasteiger charge is 2.15. The number of hydrogen-bond donors (Lipinski definition) is 1. The van der Waals surface area contributed by atoms with Crippen LogP contribution in [0.1, 0.15) is 18.5 Å². The summed E-state index contributed by atoms with van der Waals surface area (Å²) in [5.74, 6) is -1.24. The maximum atomic E-state index is 13.2. The summed E-state index contributed by atoms with van der Waals surface area (Å²) in [5.41, 5.74) is 0.0203. The van der Waals surface area contributed by atoms with Gasteiger partial charge in [-0.15, -0.1) is 0 Å². The molecule has 0 bridgehead atoms. The third-order valence-electron chi connectivity index (χ3n) is 1.91. The summed E-state index contributed by atoms with van der Waals surface area (Å²) in [5, 5.41) is 2.83. The molecule has 0 saturated heterocycles. The van der Waals surface area contributed by atoms with Gasteiger partial charge in [-0.25, -0.2) is 8.78 Å². The first kappa shape index (κ1) is 10.4. The Hall–Kier alpha value is -0.670. The molecule has 1 rings (SSSR count). The van der Waals surface area contributed by atoms with Gasteiger partial charge < -0.3 is 5.32 Å². The number of rotatable bonds is 2. The lowest BCUT2D eigenvalue weighted by Crippen LogP contribution is -2.15. The average molecular weight is 206 g/mol. The van der Waals surface area contributed by atoms with Crippen LogP contribution < -0.4 is 5.32 Å². The second-order valence-electron chi connectivity index (χ2n) is 2.79. The Balaban J connectivity index is 3.20. The molecule has 0 fully saturated rings. The van der Waals surface area contributed by atoms with Crippen molar-refractivity contribution >= 4 is 11.6 Å². The summed E-state index contributed by atoms with van der Waals surface area (Å²) in [6.45, 7) is 1.68. The molecule has 0 heterocycles. The van der Waals surface area contributed by atoms with Crippen molar-refractivity contribution in [1.82, 2.24) is 5.32 Å². The number of halogens is 3. The second kappa shape index (κ2) is 4.03. The van der Waals surface area contributed by atoms with Gasteiger partial charge in [0.2, 0.25) is 0 Å². The highest BCUT2D eigenvalue weighted by atomic mass is 35.5. The van der Waals surface area contributed by atoms with Gasteiger partial charge in [-0.1, -0.05) is 11.6 Å². The second-order valence-corrected chi connectivity index (χ2v) is 3.23. The minimum atomic E-state index is -0.619. The van der Waals surface area contributed by atoms with E-state index in [1.165, 1.54) is 0 Å². The molecule has 72 valence electrons. The molecular formula is C9H10ClF2N. The van der Waals surface area contributed by atoms with Crippen molar-refractivity contribution in [2.75, 3.05) is 7.05 Å². The molecule has 0 aliphatic rings. The molecule has 13 heavy (non-hydrogen) atoms. The monoisotopic (exact) mass is 205 g/mol. The number of nitrogens with one attached hydrogen (secondary N) is 1. The van der Waals surface area contributed by atoms with E-state index >= 15 is 0 Å². The molecule has 0 aromatic heterocycles. The van der Waals surface area contributed by atoms with Crippen LogP contribution >= 0.6 is 11.6 Å². The van der Waals surface area contributed by atoms with E-state index in [9.17, 15) is 8.78 Å². The van der Waals surface area contributed by atoms with Crippen LogP contribution in [-0.2, 0) is 0 Å². The Bertz CT molecular complexity index is 291. The van der Waals surface area contributed by atoms with Gasteiger partial charge in [0.1, 0.15) is 11.6 Å². The van der Waals surface area contributed by atoms with Crippen LogP contribution in [0.2, 0.25) is 5.02 Å². The fourth-order valence-electron chi connectivity index (χ4n) is 1.11. The Morgan fingerprint density at radius 1 is 1.31 bits per heavy atom. The van der Waals surface area contributed by atoms with Gasteiger partial charge in [0, 0.05) is 16.6 Å². The molecule has 0 aliphatic carbocycles. The van der Waals surface area contributed by atoms with Crippen LogP contribution in [0.3, 0.4) is 0 Å². The molecule has 0 spiro atoms. The van der Waals surface area contributed by atoms with Gasteiger partial charge in [-0.05, 0) is 26.1 Å². The minimum Gasteiger partial charge on any atom is -0.313 e. The van der Waals surface area contributed by atoms with Crippen molar-refractivity contribution in [2.24, 2.45) is 0 Å². The van der Waals surface area contributed by atoms with Gasteiger partial charge >= 0.3 is 0 Å². The zero-order chi connectivity index (χ0) is 10.0. The molecule has 0 amide bonds. The van der Waals surface area contributed by atoms with E-state index in [4.69, 9.17) is 11.6 Å². The van der Waals surface area contributed by atoms with Crippen molar-refractivity contribution in [1.29, 1.82) is 0 Å². The van der Waals surface area contributed by atoms with Gasteiger partial charge in [0.15, 0.2) is 0 Å². The maximum Gasteiger partial charge on any atom is 0.132 e. The van der Waals surface area contributed by atoms with E-state index in [1.807, 2.05) is 0 Å². The lowest BCUT2D eigenvalue weighted by Gasteiger charge is -2.12. The Morgan fingerprint density at radius 2 is 1.77 bits per heavy atom. The van der Waals surface area contributed by atoms with Crippen LogP contribution in [0.25, 0.3) is 0 Å². The summed E-state index contributed by atoms with van der Waals surface area (Å²) in [6.07, 6.45) is 0. The predicted octanol–water partition coefficient (Wildman–Crippen LogP) is 2.90. The van der Waals surface area contributed by atoms with E-state index in [0.29, 0.717) is 0 Å². The molecule has 4 heteroatoms. The van der Waals surface area contributed by atoms with Crippen LogP contribution in [0.5, 0.6) is 0 Å². The van der Waals surface area contributed by atoms with E-state index in [0.717, 1.165) is 12.1 Å². The van der Waals surface area contributed by atoms with Crippen molar-refractivity contribution < 1.29 is 8.78 Å². The fraction of sp³-hybridized carbons (Fsp3) is 0.333. The molecule has 1 atom stereocenters. The molecule has 1 N–H and O–H groups in total. The van der Waals surface area contributed by atoms with Gasteiger partial charge in [-0.2, -0.15) is 0 Å². The molecule has 1 aromatic carbocycles. The predicted molar refractivity (Wildman–Crippen MR) is 48.8 cm³/mol. The van der Waals surface area contributed by atoms with Crippen LogP contribution in [0.15, 0.2) is 12.1 Å². The van der Waals surface area contributed by atoms with E-state index in [1.54, 1.807) is 14.0 Å². The zero-order valence-corrected chi connectivity index (χ0v) is 8.12. The van der Waals surface area contributed by atoms with Crippen LogP contribution in [0, 0.1) is 11.6 Å². The van der Waals surface area contributed by atoms with Crippen molar-refractivity contribution in [2.45, 2.75) is 13.0 Å². The smallest absolute Gasteiger partial charge is 0.132 e. The molecule has 1 nitrogen and oxygen atoms in total. The lowest BCUT2D eigenvalue weighted by atomic mass is 10.1. The topological polar surface area (TPSA) is 12.0 Å². The first-order valence-electron chi connectivity index (χ1n) is 3.88. The normalized spacial score (nSPS) is 13.0. The van der Waals surface area contributed by atoms with Crippen LogP contribution in [-0.4, -0.2) is 7.05 Å². The summed E-state index contributed by atoms with van der Waals surface area (Å²) in [6, 6.07) is 1.85. The van der Waals surface area contributed by atoms with Crippen molar-refractivity contribution in [3.63, 3.8) is 0 Å². The lowest BCUT2D eigenvalue weighted by molar-refractivity contribution is 0.510. The molecule has 1 aromatic rings. The fourth-order valence-corrected chi connectivity index (χ4v) is 1.30. The van der Waals surface area contributed by atoms with E-state index < -0.39 is 11.6 Å². The quantitative estimate of drug-likeness (QED) is 0.783. The third-order valence-corrected chi connectivity index (χ3v) is 2.13. The summed E-state index contributed by atoms with van der Waals surface area (Å²) >= 11 is 5.47. The van der Waals surface area contributed by atoms with Gasteiger partial charge in [0.05, 0.1) is 0 Å². The largest absolute Gasteiger partial charge is 0.313 e. The number of benzene rings is 1. The first-order valence-corrected chi connectivity index (χ1v) is 4.25. The number of hydrogen-bond acceptors (Lipinski definition) is 1. The molecule has 0 saturated carbocycles. The van der Waals surface area contributed by atoms with Crippen molar-refractivity contribution in [3.05, 3.63) is 34.4 Å². The Labute approximate surface area is 80.7 Å². The molecule has 0 radical (unpaired) electrons. The van der Waals surface area contributed by atoms with Crippen molar-refractivity contribution in [3.8, 4) is 0 Å². The summed E-state index contributed by atoms with van der Waals surface area (Å²) in [7, 11) is 1.64. The molecule has 0 unspecified atom stereocenters. The minimum absolute atomic E-state index is 0.0203. The SMILES string of the molecule is CN[C@H](C)c1c(F)cc(Cl)cc1F. The van der Waals surface area contributed by atoms with E-state index in [-0.39, 0.29) is 16.6 Å². The van der Waals surface area contributed by atoms with Crippen LogP contribution in [0.4, 0.5) is 8.78 Å². The highest BCUT2D eigenvalue weighted by Crippen LogP contribution is 2.23. The Morgan fingerprint density at radius 3 is 2.15 bits per heavy atom. The highest BCUT2D eigenvalue weighted by molar-refractivity contribution is 6.30. The van der Waals surface area contributed by atoms with E-state index in [2.05, 4.69) is 5.32 Å². The summed E-state index contributed by atoms with van der Waals surface area (Å²) < 4.78 is 26.4. The summed E-state index contributed by atoms with van der Waals surface area (Å²) in [4.78, 5) is 0. The third kappa shape index (κ3) is 2.17. The first-order chi connectivity index (χ1) is 6.06. The standard InChI is InChI=1S/C9H10ClF2N/c1-5(13-2)9-7(11)3-6(10)4-8(9)12/h3-5,13H,1-2H3/t5-/m1/s1. The maximum absolute atomic E-state index is 13.2. The molecule has 0 aliphatic heterocycles. The van der Waals surface area contributed by atoms with Gasteiger partial charge in [0.25, 0.3) is 0 Å². The zero-order valence-electron chi connectivity index (χ0n) is 7.37. The molecular weight excluding hydrogens is 196 g/mol. The Kier molecular flexibility index (Phi) is 3.22. The average Bonchev–Trinajstić information content (AvgIpc) is 2.02.